The lowest BCUT2D eigenvalue weighted by molar-refractivity contribution is 0.316. The van der Waals surface area contributed by atoms with Crippen molar-refractivity contribution in [1.82, 2.24) is 0 Å². The summed E-state index contributed by atoms with van der Waals surface area (Å²) in [5.41, 5.74) is 3.17. The monoisotopic (exact) mass is 460 g/mol. The van der Waals surface area contributed by atoms with Crippen LogP contribution in [0, 0.1) is 17.6 Å². The van der Waals surface area contributed by atoms with Gasteiger partial charge < -0.3 is 9.47 Å². The van der Waals surface area contributed by atoms with Crippen molar-refractivity contribution in [1.29, 1.82) is 0 Å². The lowest BCUT2D eigenvalue weighted by atomic mass is 9.93. The highest BCUT2D eigenvalue weighted by Crippen LogP contribution is 2.35. The molecular formula is C29H23F3O2. The molecule has 1 aliphatic carbocycles. The Balaban J connectivity index is 1.27. The summed E-state index contributed by atoms with van der Waals surface area (Å²) in [4.78, 5) is 0. The molecule has 5 heteroatoms. The van der Waals surface area contributed by atoms with Crippen molar-refractivity contribution in [2.24, 2.45) is 5.92 Å². The zero-order chi connectivity index (χ0) is 23.7. The van der Waals surface area contributed by atoms with Crippen LogP contribution in [-0.4, -0.2) is 19.3 Å². The third kappa shape index (κ3) is 4.57. The molecule has 0 amide bonds. The summed E-state index contributed by atoms with van der Waals surface area (Å²) in [6.45, 7) is 4.55. The average Bonchev–Trinajstić information content (AvgIpc) is 3.70. The number of halogens is 3. The van der Waals surface area contributed by atoms with Crippen LogP contribution in [0.1, 0.15) is 12.0 Å². The van der Waals surface area contributed by atoms with E-state index in [1.54, 1.807) is 66.7 Å². The Labute approximate surface area is 196 Å². The fourth-order valence-electron chi connectivity index (χ4n) is 4.14. The number of rotatable bonds is 7. The van der Waals surface area contributed by atoms with Gasteiger partial charge in [0.2, 0.25) is 0 Å². The summed E-state index contributed by atoms with van der Waals surface area (Å²) in [5, 5.41) is 0. The molecule has 172 valence electrons. The molecule has 1 fully saturated rings. The van der Waals surface area contributed by atoms with Crippen molar-refractivity contribution < 1.29 is 22.6 Å². The molecule has 0 radical (unpaired) electrons. The fourth-order valence-corrected chi connectivity index (χ4v) is 4.14. The van der Waals surface area contributed by atoms with Gasteiger partial charge in [-0.05, 0) is 46.9 Å². The molecule has 3 aromatic rings. The van der Waals surface area contributed by atoms with Crippen LogP contribution in [-0.2, 0) is 4.74 Å². The molecule has 34 heavy (non-hydrogen) atoms. The SMILES string of the molecule is C=Cc1ccc(-c2ccc(-c3ccc(OCC4=CCC(C5CO5)C(F)=C4)cc3)c(F)c2F)cc1. The predicted molar refractivity (Wildman–Crippen MR) is 128 cm³/mol. The summed E-state index contributed by atoms with van der Waals surface area (Å²) < 4.78 is 54.9. The number of ether oxygens (including phenoxy) is 2. The van der Waals surface area contributed by atoms with Gasteiger partial charge in [0.25, 0.3) is 0 Å². The van der Waals surface area contributed by atoms with E-state index in [0.717, 1.165) is 11.1 Å². The first kappa shape index (κ1) is 22.2. The lowest BCUT2D eigenvalue weighted by Gasteiger charge is -2.17. The highest BCUT2D eigenvalue weighted by molar-refractivity contribution is 5.72. The zero-order valence-electron chi connectivity index (χ0n) is 18.4. The maximum atomic E-state index is 14.9. The molecule has 2 unspecified atom stereocenters. The molecule has 1 saturated heterocycles. The van der Waals surface area contributed by atoms with Gasteiger partial charge in [-0.3, -0.25) is 0 Å². The number of allylic oxidation sites excluding steroid dienone is 1. The Kier molecular flexibility index (Phi) is 6.12. The predicted octanol–water partition coefficient (Wildman–Crippen LogP) is 7.52. The average molecular weight is 460 g/mol. The maximum absolute atomic E-state index is 14.9. The third-order valence-corrected chi connectivity index (χ3v) is 6.23. The summed E-state index contributed by atoms with van der Waals surface area (Å²) in [6.07, 6.45) is 5.77. The van der Waals surface area contributed by atoms with E-state index < -0.39 is 11.6 Å². The van der Waals surface area contributed by atoms with E-state index >= 15 is 0 Å². The van der Waals surface area contributed by atoms with Crippen LogP contribution >= 0.6 is 0 Å². The molecule has 0 aromatic heterocycles. The van der Waals surface area contributed by atoms with Crippen molar-refractivity contribution in [2.75, 3.05) is 13.2 Å². The number of hydrogen-bond donors (Lipinski definition) is 0. The molecule has 0 N–H and O–H groups in total. The molecule has 1 aliphatic heterocycles. The Bertz CT molecular complexity index is 1270. The highest BCUT2D eigenvalue weighted by atomic mass is 19.2. The molecule has 2 aliphatic rings. The van der Waals surface area contributed by atoms with Gasteiger partial charge in [-0.25, -0.2) is 13.2 Å². The molecule has 2 nitrogen and oxygen atoms in total. The summed E-state index contributed by atoms with van der Waals surface area (Å²) in [7, 11) is 0. The Morgan fingerprint density at radius 3 is 2.00 bits per heavy atom. The van der Waals surface area contributed by atoms with E-state index in [1.165, 1.54) is 6.08 Å². The van der Waals surface area contributed by atoms with Gasteiger partial charge in [-0.2, -0.15) is 0 Å². The van der Waals surface area contributed by atoms with E-state index in [0.29, 0.717) is 29.9 Å². The van der Waals surface area contributed by atoms with Gasteiger partial charge in [-0.15, -0.1) is 0 Å². The van der Waals surface area contributed by atoms with Crippen molar-refractivity contribution in [2.45, 2.75) is 12.5 Å². The van der Waals surface area contributed by atoms with Crippen molar-refractivity contribution in [3.8, 4) is 28.0 Å². The van der Waals surface area contributed by atoms with Gasteiger partial charge in [-0.1, -0.05) is 67.3 Å². The van der Waals surface area contributed by atoms with Crippen molar-refractivity contribution >= 4 is 6.08 Å². The molecule has 0 bridgehead atoms. The second-order valence-corrected chi connectivity index (χ2v) is 8.45. The molecule has 0 spiro atoms. The van der Waals surface area contributed by atoms with Crippen LogP contribution < -0.4 is 4.74 Å². The van der Waals surface area contributed by atoms with E-state index in [9.17, 15) is 13.2 Å². The van der Waals surface area contributed by atoms with Crippen molar-refractivity contribution in [3.05, 3.63) is 108 Å². The summed E-state index contributed by atoms with van der Waals surface area (Å²) in [6, 6.07) is 17.0. The van der Waals surface area contributed by atoms with Crippen LogP contribution in [0.15, 0.2) is 90.8 Å². The van der Waals surface area contributed by atoms with Gasteiger partial charge >= 0.3 is 0 Å². The van der Waals surface area contributed by atoms with Crippen LogP contribution in [0.2, 0.25) is 0 Å². The topological polar surface area (TPSA) is 21.8 Å². The molecule has 1 heterocycles. The smallest absolute Gasteiger partial charge is 0.167 e. The minimum Gasteiger partial charge on any atom is -0.489 e. The molecular weight excluding hydrogens is 437 g/mol. The maximum Gasteiger partial charge on any atom is 0.167 e. The summed E-state index contributed by atoms with van der Waals surface area (Å²) >= 11 is 0. The third-order valence-electron chi connectivity index (χ3n) is 6.23. The Morgan fingerprint density at radius 2 is 1.47 bits per heavy atom. The highest BCUT2D eigenvalue weighted by Gasteiger charge is 2.36. The first-order valence-electron chi connectivity index (χ1n) is 11.2. The van der Waals surface area contributed by atoms with E-state index in [4.69, 9.17) is 9.47 Å². The Hall–Kier alpha value is -3.57. The van der Waals surface area contributed by atoms with Gasteiger partial charge in [0.1, 0.15) is 18.2 Å². The molecule has 5 rings (SSSR count). The number of epoxide rings is 1. The molecule has 3 aromatic carbocycles. The normalized spacial score (nSPS) is 19.3. The van der Waals surface area contributed by atoms with Crippen molar-refractivity contribution in [3.63, 3.8) is 0 Å². The van der Waals surface area contributed by atoms with Gasteiger partial charge in [0.05, 0.1) is 12.7 Å². The molecule has 0 saturated carbocycles. The minimum atomic E-state index is -0.902. The van der Waals surface area contributed by atoms with E-state index in [2.05, 4.69) is 6.58 Å². The fraction of sp³-hybridized carbons (Fsp3) is 0.172. The summed E-state index contributed by atoms with van der Waals surface area (Å²) in [5.74, 6) is -1.59. The zero-order valence-corrected chi connectivity index (χ0v) is 18.4. The molecule has 2 atom stereocenters. The first-order valence-corrected chi connectivity index (χ1v) is 11.2. The Morgan fingerprint density at radius 1 is 0.882 bits per heavy atom. The quantitative estimate of drug-likeness (QED) is 0.340. The van der Waals surface area contributed by atoms with Gasteiger partial charge in [0.15, 0.2) is 11.6 Å². The van der Waals surface area contributed by atoms with Gasteiger partial charge in [0, 0.05) is 17.0 Å². The largest absolute Gasteiger partial charge is 0.489 e. The second-order valence-electron chi connectivity index (χ2n) is 8.45. The van der Waals surface area contributed by atoms with E-state index in [-0.39, 0.29) is 35.6 Å². The minimum absolute atomic E-state index is 0.000353. The number of hydrogen-bond acceptors (Lipinski definition) is 2. The lowest BCUT2D eigenvalue weighted by Crippen LogP contribution is -2.13. The van der Waals surface area contributed by atoms with Crippen LogP contribution in [0.4, 0.5) is 13.2 Å². The first-order chi connectivity index (χ1) is 16.5. The van der Waals surface area contributed by atoms with Crippen LogP contribution in [0.25, 0.3) is 28.3 Å². The standard InChI is InChI=1S/C29H23F3O2/c1-2-18-3-6-20(7-4-18)23-13-14-24(29(32)28(23)31)21-8-10-22(11-9-21)33-16-19-5-12-25(26(30)15-19)27-17-34-27/h2-11,13-15,25,27H,1,12,16-17H2. The van der Waals surface area contributed by atoms with Crippen LogP contribution in [0.3, 0.4) is 0 Å². The number of benzene rings is 3. The van der Waals surface area contributed by atoms with Crippen LogP contribution in [0.5, 0.6) is 5.75 Å². The second kappa shape index (κ2) is 9.35. The van der Waals surface area contributed by atoms with E-state index in [1.807, 2.05) is 6.08 Å².